The van der Waals surface area contributed by atoms with Crippen molar-refractivity contribution in [3.8, 4) is 0 Å². The summed E-state index contributed by atoms with van der Waals surface area (Å²) in [6, 6.07) is 0.109. The second-order valence-electron chi connectivity index (χ2n) is 4.80. The van der Waals surface area contributed by atoms with Crippen LogP contribution < -0.4 is 10.2 Å². The molecule has 0 aliphatic carbocycles. The number of imidazole rings is 1. The Kier molecular flexibility index (Phi) is 3.66. The van der Waals surface area contributed by atoms with Crippen molar-refractivity contribution in [2.45, 2.75) is 18.9 Å². The second kappa shape index (κ2) is 5.59. The fourth-order valence-corrected chi connectivity index (χ4v) is 2.56. The number of hydrogen-bond acceptors (Lipinski definition) is 7. The summed E-state index contributed by atoms with van der Waals surface area (Å²) in [4.78, 5) is 18.0. The Morgan fingerprint density at radius 2 is 2.30 bits per heavy atom. The number of aromatic amines is 1. The minimum Gasteiger partial charge on any atom is -0.395 e. The predicted octanol–water partition coefficient (Wildman–Crippen LogP) is -0.282. The Hall–Kier alpha value is -1.93. The fourth-order valence-electron chi connectivity index (χ4n) is 2.56. The Morgan fingerprint density at radius 3 is 3.10 bits per heavy atom. The van der Waals surface area contributed by atoms with Crippen LogP contribution in [-0.4, -0.2) is 62.5 Å². The van der Waals surface area contributed by atoms with Crippen molar-refractivity contribution in [2.75, 3.05) is 36.5 Å². The van der Waals surface area contributed by atoms with E-state index in [0.717, 1.165) is 24.9 Å². The summed E-state index contributed by atoms with van der Waals surface area (Å²) >= 11 is 0. The van der Waals surface area contributed by atoms with E-state index in [4.69, 9.17) is 5.11 Å². The van der Waals surface area contributed by atoms with Crippen LogP contribution >= 0.6 is 0 Å². The maximum Gasteiger partial charge on any atom is 0.205 e. The van der Waals surface area contributed by atoms with Crippen molar-refractivity contribution in [1.82, 2.24) is 19.9 Å². The molecule has 20 heavy (non-hydrogen) atoms. The van der Waals surface area contributed by atoms with Crippen LogP contribution in [0.4, 0.5) is 11.8 Å². The molecule has 3 heterocycles. The highest BCUT2D eigenvalue weighted by Crippen LogP contribution is 2.26. The number of aromatic nitrogens is 4. The molecule has 2 aromatic heterocycles. The van der Waals surface area contributed by atoms with E-state index < -0.39 is 0 Å². The lowest BCUT2D eigenvalue weighted by Gasteiger charge is -2.21. The number of rotatable bonds is 5. The van der Waals surface area contributed by atoms with Gasteiger partial charge in [-0.25, -0.2) is 9.97 Å². The van der Waals surface area contributed by atoms with Gasteiger partial charge in [0.15, 0.2) is 11.5 Å². The third kappa shape index (κ3) is 2.27. The number of H-pyrrole nitrogens is 1. The zero-order valence-electron chi connectivity index (χ0n) is 11.1. The summed E-state index contributed by atoms with van der Waals surface area (Å²) in [6.45, 7) is 1.45. The van der Waals surface area contributed by atoms with Crippen LogP contribution in [0.3, 0.4) is 0 Å². The van der Waals surface area contributed by atoms with E-state index >= 15 is 0 Å². The number of hydrogen-bond donors (Lipinski definition) is 4. The predicted molar refractivity (Wildman–Crippen MR) is 74.7 cm³/mol. The quantitative estimate of drug-likeness (QED) is 0.595. The first-order valence-electron chi connectivity index (χ1n) is 6.76. The van der Waals surface area contributed by atoms with Gasteiger partial charge in [0.05, 0.1) is 19.3 Å². The normalized spacial score (nSPS) is 18.9. The van der Waals surface area contributed by atoms with E-state index in [1.165, 1.54) is 6.33 Å². The van der Waals surface area contributed by atoms with Crippen LogP contribution in [0.5, 0.6) is 0 Å². The molecule has 1 fully saturated rings. The zero-order chi connectivity index (χ0) is 13.9. The van der Waals surface area contributed by atoms with Gasteiger partial charge < -0.3 is 25.4 Å². The Bertz CT molecular complexity index is 586. The molecule has 1 aliphatic heterocycles. The van der Waals surface area contributed by atoms with Crippen LogP contribution in [0, 0.1) is 0 Å². The van der Waals surface area contributed by atoms with E-state index in [-0.39, 0.29) is 19.3 Å². The lowest BCUT2D eigenvalue weighted by molar-refractivity contribution is 0.265. The average Bonchev–Trinajstić information content (AvgIpc) is 3.10. The van der Waals surface area contributed by atoms with Crippen LogP contribution in [0.15, 0.2) is 6.33 Å². The topological polar surface area (TPSA) is 110 Å². The molecule has 4 N–H and O–H groups in total. The molecule has 8 heteroatoms. The smallest absolute Gasteiger partial charge is 0.205 e. The van der Waals surface area contributed by atoms with Gasteiger partial charge in [-0.05, 0) is 12.8 Å². The number of nitrogens with zero attached hydrogens (tertiary/aromatic N) is 4. The molecule has 0 radical (unpaired) electrons. The van der Waals surface area contributed by atoms with Gasteiger partial charge >= 0.3 is 0 Å². The van der Waals surface area contributed by atoms with Crippen LogP contribution in [-0.2, 0) is 0 Å². The maximum atomic E-state index is 9.39. The second-order valence-corrected chi connectivity index (χ2v) is 4.80. The summed E-state index contributed by atoms with van der Waals surface area (Å²) in [5.74, 6) is 1.34. The highest BCUT2D eigenvalue weighted by Gasteiger charge is 2.26. The minimum absolute atomic E-state index is 0.0329. The Balaban J connectivity index is 1.93. The SMILES string of the molecule is OCCNc1ncnc2nc(N3CCCC3CO)[nH]c12. The van der Waals surface area contributed by atoms with Gasteiger partial charge in [-0.2, -0.15) is 4.98 Å². The molecule has 2 aromatic rings. The van der Waals surface area contributed by atoms with Crippen molar-refractivity contribution < 1.29 is 10.2 Å². The monoisotopic (exact) mass is 278 g/mol. The molecule has 0 amide bonds. The zero-order valence-corrected chi connectivity index (χ0v) is 11.1. The third-order valence-corrected chi connectivity index (χ3v) is 3.54. The van der Waals surface area contributed by atoms with Gasteiger partial charge in [-0.15, -0.1) is 0 Å². The van der Waals surface area contributed by atoms with Gasteiger partial charge in [-0.3, -0.25) is 0 Å². The highest BCUT2D eigenvalue weighted by atomic mass is 16.3. The summed E-state index contributed by atoms with van der Waals surface area (Å²) in [5.41, 5.74) is 1.30. The van der Waals surface area contributed by atoms with E-state index in [1.807, 2.05) is 0 Å². The molecule has 3 rings (SSSR count). The van der Waals surface area contributed by atoms with E-state index in [0.29, 0.717) is 24.0 Å². The van der Waals surface area contributed by atoms with Crippen LogP contribution in [0.25, 0.3) is 11.2 Å². The van der Waals surface area contributed by atoms with E-state index in [9.17, 15) is 5.11 Å². The van der Waals surface area contributed by atoms with Crippen molar-refractivity contribution >= 4 is 22.9 Å². The molecule has 0 bridgehead atoms. The molecule has 0 aromatic carbocycles. The molecule has 1 unspecified atom stereocenters. The van der Waals surface area contributed by atoms with Crippen molar-refractivity contribution in [1.29, 1.82) is 0 Å². The Morgan fingerprint density at radius 1 is 1.40 bits per heavy atom. The fraction of sp³-hybridized carbons (Fsp3) is 0.583. The van der Waals surface area contributed by atoms with Crippen molar-refractivity contribution in [3.63, 3.8) is 0 Å². The lowest BCUT2D eigenvalue weighted by Crippen LogP contribution is -2.32. The summed E-state index contributed by atoms with van der Waals surface area (Å²) in [6.07, 6.45) is 3.46. The summed E-state index contributed by atoms with van der Waals surface area (Å²) in [5, 5.41) is 21.3. The van der Waals surface area contributed by atoms with E-state index in [1.54, 1.807) is 0 Å². The first-order valence-corrected chi connectivity index (χ1v) is 6.76. The standard InChI is InChI=1S/C12H18N6O2/c19-5-3-13-10-9-11(15-7-14-10)17-12(16-9)18-4-1-2-8(18)6-20/h7-8,19-20H,1-6H2,(H2,13,14,15,16,17). The highest BCUT2D eigenvalue weighted by molar-refractivity contribution is 5.84. The van der Waals surface area contributed by atoms with Crippen LogP contribution in [0.2, 0.25) is 0 Å². The number of fused-ring (bicyclic) bond motifs is 1. The number of aliphatic hydroxyl groups excluding tert-OH is 2. The minimum atomic E-state index is 0.0329. The van der Waals surface area contributed by atoms with Crippen LogP contribution in [0.1, 0.15) is 12.8 Å². The first-order chi connectivity index (χ1) is 9.83. The number of aliphatic hydroxyl groups is 2. The molecule has 1 aliphatic rings. The van der Waals surface area contributed by atoms with E-state index in [2.05, 4.69) is 30.2 Å². The molecule has 0 saturated carbocycles. The molecule has 108 valence electrons. The number of anilines is 2. The first kappa shape index (κ1) is 13.1. The lowest BCUT2D eigenvalue weighted by atomic mass is 10.2. The largest absolute Gasteiger partial charge is 0.395 e. The summed E-state index contributed by atoms with van der Waals surface area (Å²) < 4.78 is 0. The third-order valence-electron chi connectivity index (χ3n) is 3.54. The Labute approximate surface area is 115 Å². The maximum absolute atomic E-state index is 9.39. The van der Waals surface area contributed by atoms with Gasteiger partial charge in [0.1, 0.15) is 11.8 Å². The number of nitrogens with one attached hydrogen (secondary N) is 2. The summed E-state index contributed by atoms with van der Waals surface area (Å²) in [7, 11) is 0. The van der Waals surface area contributed by atoms with Gasteiger partial charge in [-0.1, -0.05) is 0 Å². The molecule has 1 saturated heterocycles. The van der Waals surface area contributed by atoms with Gasteiger partial charge in [0.2, 0.25) is 5.95 Å². The van der Waals surface area contributed by atoms with Gasteiger partial charge in [0, 0.05) is 13.1 Å². The molecular weight excluding hydrogens is 260 g/mol. The van der Waals surface area contributed by atoms with Crippen molar-refractivity contribution in [2.24, 2.45) is 0 Å². The van der Waals surface area contributed by atoms with Crippen molar-refractivity contribution in [3.05, 3.63) is 6.33 Å². The molecule has 0 spiro atoms. The molecule has 1 atom stereocenters. The molecular formula is C12H18N6O2. The average molecular weight is 278 g/mol. The molecule has 8 nitrogen and oxygen atoms in total. The van der Waals surface area contributed by atoms with Gasteiger partial charge in [0.25, 0.3) is 0 Å².